The predicted octanol–water partition coefficient (Wildman–Crippen LogP) is 4.09. The highest BCUT2D eigenvalue weighted by atomic mass is 35.5. The summed E-state index contributed by atoms with van der Waals surface area (Å²) in [6, 6.07) is 9.72. The molecule has 0 radical (unpaired) electrons. The van der Waals surface area contributed by atoms with E-state index >= 15 is 0 Å². The molecule has 1 aromatic carbocycles. The third-order valence-corrected chi connectivity index (χ3v) is 3.41. The first-order chi connectivity index (χ1) is 8.31. The molecule has 17 heavy (non-hydrogen) atoms. The molecule has 2 nitrogen and oxygen atoms in total. The maximum absolute atomic E-state index is 6.02. The van der Waals surface area contributed by atoms with Gasteiger partial charge in [0.1, 0.15) is 12.4 Å². The first-order valence-corrected chi connectivity index (χ1v) is 6.52. The van der Waals surface area contributed by atoms with E-state index in [0.29, 0.717) is 18.2 Å². The lowest BCUT2D eigenvalue weighted by molar-refractivity contribution is 0.146. The molecule has 2 rings (SSSR count). The number of thiophene rings is 1. The van der Waals surface area contributed by atoms with Crippen molar-refractivity contribution in [3.63, 3.8) is 0 Å². The Hall–Kier alpha value is -1.03. The van der Waals surface area contributed by atoms with Crippen molar-refractivity contribution in [2.75, 3.05) is 20.3 Å². The SMILES string of the molecule is COCCOc1ccc(Cl)cc1-c1cccs1. The van der Waals surface area contributed by atoms with Crippen LogP contribution in [0.25, 0.3) is 10.4 Å². The monoisotopic (exact) mass is 268 g/mol. The second-order valence-corrected chi connectivity index (χ2v) is 4.84. The fourth-order valence-corrected chi connectivity index (χ4v) is 2.41. The van der Waals surface area contributed by atoms with Gasteiger partial charge in [-0.15, -0.1) is 11.3 Å². The number of benzene rings is 1. The number of halogens is 1. The summed E-state index contributed by atoms with van der Waals surface area (Å²) < 4.78 is 10.6. The van der Waals surface area contributed by atoms with E-state index in [9.17, 15) is 0 Å². The van der Waals surface area contributed by atoms with Gasteiger partial charge in [-0.05, 0) is 29.6 Å². The molecule has 0 N–H and O–H groups in total. The van der Waals surface area contributed by atoms with Gasteiger partial charge in [-0.3, -0.25) is 0 Å². The third kappa shape index (κ3) is 3.22. The molecule has 0 fully saturated rings. The van der Waals surface area contributed by atoms with E-state index in [-0.39, 0.29) is 0 Å². The molecule has 0 unspecified atom stereocenters. The zero-order chi connectivity index (χ0) is 12.1. The molecule has 1 heterocycles. The first-order valence-electron chi connectivity index (χ1n) is 5.26. The molecule has 0 saturated carbocycles. The molecule has 2 aromatic rings. The molecule has 0 aliphatic heterocycles. The van der Waals surface area contributed by atoms with Gasteiger partial charge in [-0.2, -0.15) is 0 Å². The molecule has 0 amide bonds. The molecule has 0 aliphatic rings. The second kappa shape index (κ2) is 6.05. The molecule has 1 aromatic heterocycles. The van der Waals surface area contributed by atoms with Crippen molar-refractivity contribution in [2.45, 2.75) is 0 Å². The van der Waals surface area contributed by atoms with Crippen molar-refractivity contribution in [1.29, 1.82) is 0 Å². The number of hydrogen-bond acceptors (Lipinski definition) is 3. The topological polar surface area (TPSA) is 18.5 Å². The van der Waals surface area contributed by atoms with E-state index in [2.05, 4.69) is 6.07 Å². The highest BCUT2D eigenvalue weighted by Gasteiger charge is 2.08. The average molecular weight is 269 g/mol. The van der Waals surface area contributed by atoms with Gasteiger partial charge >= 0.3 is 0 Å². The standard InChI is InChI=1S/C13H13ClO2S/c1-15-6-7-16-12-5-4-10(14)9-11(12)13-3-2-8-17-13/h2-5,8-9H,6-7H2,1H3. The van der Waals surface area contributed by atoms with Crippen molar-refractivity contribution in [2.24, 2.45) is 0 Å². The van der Waals surface area contributed by atoms with E-state index < -0.39 is 0 Å². The highest BCUT2D eigenvalue weighted by molar-refractivity contribution is 7.13. The fraction of sp³-hybridized carbons (Fsp3) is 0.231. The molecular weight excluding hydrogens is 256 g/mol. The summed E-state index contributed by atoms with van der Waals surface area (Å²) >= 11 is 7.69. The maximum Gasteiger partial charge on any atom is 0.128 e. The summed E-state index contributed by atoms with van der Waals surface area (Å²) in [4.78, 5) is 1.15. The van der Waals surface area contributed by atoms with E-state index in [1.807, 2.05) is 29.6 Å². The van der Waals surface area contributed by atoms with Crippen LogP contribution >= 0.6 is 22.9 Å². The van der Waals surface area contributed by atoms with Gasteiger partial charge in [0.25, 0.3) is 0 Å². The Kier molecular flexibility index (Phi) is 4.42. The average Bonchev–Trinajstić information content (AvgIpc) is 2.85. The minimum Gasteiger partial charge on any atom is -0.491 e. The summed E-state index contributed by atoms with van der Waals surface area (Å²) in [5.74, 6) is 0.842. The number of hydrogen-bond donors (Lipinski definition) is 0. The summed E-state index contributed by atoms with van der Waals surface area (Å²) in [7, 11) is 1.66. The summed E-state index contributed by atoms with van der Waals surface area (Å²) in [6.07, 6.45) is 0. The van der Waals surface area contributed by atoms with Gasteiger partial charge in [0, 0.05) is 22.6 Å². The van der Waals surface area contributed by atoms with Crippen LogP contribution in [0.2, 0.25) is 5.02 Å². The smallest absolute Gasteiger partial charge is 0.128 e. The fourth-order valence-electron chi connectivity index (χ4n) is 1.49. The van der Waals surface area contributed by atoms with Crippen LogP contribution in [0.15, 0.2) is 35.7 Å². The summed E-state index contributed by atoms with van der Waals surface area (Å²) in [5.41, 5.74) is 1.03. The number of methoxy groups -OCH3 is 1. The molecule has 90 valence electrons. The van der Waals surface area contributed by atoms with Crippen molar-refractivity contribution >= 4 is 22.9 Å². The molecule has 0 spiro atoms. The number of rotatable bonds is 5. The third-order valence-electron chi connectivity index (χ3n) is 2.27. The minimum atomic E-state index is 0.538. The van der Waals surface area contributed by atoms with Crippen LogP contribution in [-0.2, 0) is 4.74 Å². The lowest BCUT2D eigenvalue weighted by Gasteiger charge is -2.10. The molecule has 0 atom stereocenters. The summed E-state index contributed by atoms with van der Waals surface area (Å²) in [5, 5.41) is 2.75. The van der Waals surface area contributed by atoms with E-state index in [0.717, 1.165) is 16.2 Å². The Morgan fingerprint density at radius 1 is 1.24 bits per heavy atom. The van der Waals surface area contributed by atoms with Gasteiger partial charge < -0.3 is 9.47 Å². The lowest BCUT2D eigenvalue weighted by atomic mass is 10.1. The molecule has 0 bridgehead atoms. The van der Waals surface area contributed by atoms with E-state index in [4.69, 9.17) is 21.1 Å². The Morgan fingerprint density at radius 3 is 2.82 bits per heavy atom. The quantitative estimate of drug-likeness (QED) is 0.761. The Morgan fingerprint density at radius 2 is 2.12 bits per heavy atom. The Bertz CT molecular complexity index is 468. The largest absolute Gasteiger partial charge is 0.491 e. The predicted molar refractivity (Wildman–Crippen MR) is 72.1 cm³/mol. The van der Waals surface area contributed by atoms with Crippen LogP contribution in [0, 0.1) is 0 Å². The van der Waals surface area contributed by atoms with Crippen LogP contribution in [-0.4, -0.2) is 20.3 Å². The van der Waals surface area contributed by atoms with Crippen molar-refractivity contribution in [3.8, 4) is 16.2 Å². The van der Waals surface area contributed by atoms with Gasteiger partial charge in [0.05, 0.1) is 6.61 Å². The zero-order valence-corrected chi connectivity index (χ0v) is 11.1. The van der Waals surface area contributed by atoms with Crippen LogP contribution in [0.5, 0.6) is 5.75 Å². The minimum absolute atomic E-state index is 0.538. The van der Waals surface area contributed by atoms with Gasteiger partial charge in [0.2, 0.25) is 0 Å². The molecule has 0 aliphatic carbocycles. The van der Waals surface area contributed by atoms with Gasteiger partial charge in [0.15, 0.2) is 0 Å². The van der Waals surface area contributed by atoms with Gasteiger partial charge in [-0.25, -0.2) is 0 Å². The first kappa shape index (κ1) is 12.4. The molecule has 0 saturated heterocycles. The molecular formula is C13H13ClO2S. The van der Waals surface area contributed by atoms with Crippen molar-refractivity contribution in [1.82, 2.24) is 0 Å². The van der Waals surface area contributed by atoms with Crippen molar-refractivity contribution in [3.05, 3.63) is 40.7 Å². The maximum atomic E-state index is 6.02. The van der Waals surface area contributed by atoms with Crippen LogP contribution in [0.4, 0.5) is 0 Å². The second-order valence-electron chi connectivity index (χ2n) is 3.46. The van der Waals surface area contributed by atoms with E-state index in [1.54, 1.807) is 18.4 Å². The summed E-state index contributed by atoms with van der Waals surface area (Å²) in [6.45, 7) is 1.11. The zero-order valence-electron chi connectivity index (χ0n) is 9.48. The highest BCUT2D eigenvalue weighted by Crippen LogP contribution is 2.35. The van der Waals surface area contributed by atoms with Crippen LogP contribution < -0.4 is 4.74 Å². The molecule has 4 heteroatoms. The van der Waals surface area contributed by atoms with Crippen molar-refractivity contribution < 1.29 is 9.47 Å². The normalized spacial score (nSPS) is 10.5. The Labute approximate surface area is 110 Å². The lowest BCUT2D eigenvalue weighted by Crippen LogP contribution is -2.04. The number of ether oxygens (including phenoxy) is 2. The van der Waals surface area contributed by atoms with Crippen LogP contribution in [0.1, 0.15) is 0 Å². The van der Waals surface area contributed by atoms with E-state index in [1.165, 1.54) is 0 Å². The van der Waals surface area contributed by atoms with Crippen LogP contribution in [0.3, 0.4) is 0 Å². The van der Waals surface area contributed by atoms with Gasteiger partial charge in [-0.1, -0.05) is 17.7 Å². The Balaban J connectivity index is 2.25.